The number of nitrogens with zero attached hydrogens (tertiary/aromatic N) is 3. The fourth-order valence-electron chi connectivity index (χ4n) is 4.25. The zero-order valence-corrected chi connectivity index (χ0v) is 17.4. The number of rotatable bonds is 5. The third kappa shape index (κ3) is 4.57. The summed E-state index contributed by atoms with van der Waals surface area (Å²) in [5, 5.41) is 5.84. The number of hydrogen-bond acceptors (Lipinski definition) is 4. The van der Waals surface area contributed by atoms with Gasteiger partial charge in [0.05, 0.1) is 19.3 Å². The molecule has 5 nitrogen and oxygen atoms in total. The van der Waals surface area contributed by atoms with Crippen LogP contribution in [0.4, 0.5) is 0 Å². The predicted molar refractivity (Wildman–Crippen MR) is 116 cm³/mol. The number of ether oxygens (including phenoxy) is 1. The van der Waals surface area contributed by atoms with Crippen molar-refractivity contribution in [2.45, 2.75) is 18.4 Å². The minimum absolute atomic E-state index is 0.369. The second-order valence-electron chi connectivity index (χ2n) is 7.45. The van der Waals surface area contributed by atoms with Crippen LogP contribution in [-0.4, -0.2) is 68.7 Å². The second-order valence-corrected chi connectivity index (χ2v) is 8.43. The first-order valence-electron chi connectivity index (χ1n) is 10.2. The van der Waals surface area contributed by atoms with Gasteiger partial charge in [-0.25, -0.2) is 0 Å². The normalized spacial score (nSPS) is 22.4. The molecule has 2 unspecified atom stereocenters. The van der Waals surface area contributed by atoms with E-state index < -0.39 is 0 Å². The van der Waals surface area contributed by atoms with Gasteiger partial charge < -0.3 is 15.0 Å². The summed E-state index contributed by atoms with van der Waals surface area (Å²) in [6, 6.07) is 15.6. The fourth-order valence-corrected chi connectivity index (χ4v) is 5.11. The van der Waals surface area contributed by atoms with Crippen LogP contribution in [0.2, 0.25) is 0 Å². The molecule has 3 heterocycles. The van der Waals surface area contributed by atoms with Gasteiger partial charge in [0.2, 0.25) is 0 Å². The Kier molecular flexibility index (Phi) is 6.62. The highest BCUT2D eigenvalue weighted by Crippen LogP contribution is 2.28. The topological polar surface area (TPSA) is 40.1 Å². The van der Waals surface area contributed by atoms with Gasteiger partial charge >= 0.3 is 0 Å². The molecule has 0 aliphatic carbocycles. The van der Waals surface area contributed by atoms with E-state index in [1.54, 1.807) is 0 Å². The van der Waals surface area contributed by atoms with Gasteiger partial charge in [-0.2, -0.15) is 0 Å². The van der Waals surface area contributed by atoms with Crippen molar-refractivity contribution in [1.29, 1.82) is 0 Å². The van der Waals surface area contributed by atoms with Gasteiger partial charge in [0.1, 0.15) is 0 Å². The Morgan fingerprint density at radius 1 is 1.18 bits per heavy atom. The quantitative estimate of drug-likeness (QED) is 0.620. The molecule has 1 aromatic heterocycles. The summed E-state index contributed by atoms with van der Waals surface area (Å²) < 4.78 is 5.56. The van der Waals surface area contributed by atoms with Crippen LogP contribution >= 0.6 is 11.3 Å². The lowest BCUT2D eigenvalue weighted by atomic mass is 9.99. The summed E-state index contributed by atoms with van der Waals surface area (Å²) in [6.07, 6.45) is 1.18. The molecule has 1 aromatic carbocycles. The van der Waals surface area contributed by atoms with E-state index in [4.69, 9.17) is 4.74 Å². The predicted octanol–water partition coefficient (Wildman–Crippen LogP) is 3.19. The molecule has 150 valence electrons. The number of nitrogens with one attached hydrogen (secondary N) is 1. The molecule has 2 atom stereocenters. The van der Waals surface area contributed by atoms with Gasteiger partial charge in [-0.05, 0) is 23.4 Å². The first-order chi connectivity index (χ1) is 13.8. The zero-order chi connectivity index (χ0) is 19.2. The van der Waals surface area contributed by atoms with Gasteiger partial charge in [-0.3, -0.25) is 9.89 Å². The molecule has 2 aliphatic heterocycles. The lowest BCUT2D eigenvalue weighted by molar-refractivity contribution is 0.0176. The van der Waals surface area contributed by atoms with Crippen molar-refractivity contribution in [3.63, 3.8) is 0 Å². The standard InChI is InChI=1S/C22H30N4OS/c1-23-22(26-10-9-19(17-26)18-6-3-2-4-7-18)24-16-20(21-8-5-15-28-21)25-11-13-27-14-12-25/h2-8,15,19-20H,9-14,16-17H2,1H3,(H,23,24). The number of aliphatic imine (C=N–C) groups is 1. The Bertz CT molecular complexity index is 743. The molecule has 0 bridgehead atoms. The summed E-state index contributed by atoms with van der Waals surface area (Å²) in [7, 11) is 1.90. The Hall–Kier alpha value is -1.89. The number of benzene rings is 1. The molecule has 0 amide bonds. The van der Waals surface area contributed by atoms with Gasteiger partial charge in [-0.15, -0.1) is 11.3 Å². The van der Waals surface area contributed by atoms with Crippen molar-refractivity contribution >= 4 is 17.3 Å². The van der Waals surface area contributed by atoms with Crippen LogP contribution in [0.1, 0.15) is 28.8 Å². The Morgan fingerprint density at radius 3 is 2.71 bits per heavy atom. The minimum Gasteiger partial charge on any atom is -0.379 e. The molecule has 2 aromatic rings. The van der Waals surface area contributed by atoms with Crippen LogP contribution in [0.25, 0.3) is 0 Å². The molecular weight excluding hydrogens is 368 g/mol. The van der Waals surface area contributed by atoms with E-state index in [2.05, 4.69) is 68.0 Å². The van der Waals surface area contributed by atoms with Crippen molar-refractivity contribution in [2.24, 2.45) is 4.99 Å². The number of likely N-dealkylation sites (tertiary alicyclic amines) is 1. The number of morpholine rings is 1. The van der Waals surface area contributed by atoms with E-state index in [0.717, 1.165) is 51.9 Å². The smallest absolute Gasteiger partial charge is 0.193 e. The van der Waals surface area contributed by atoms with Crippen molar-refractivity contribution in [3.05, 3.63) is 58.3 Å². The second kappa shape index (κ2) is 9.54. The third-order valence-corrected chi connectivity index (χ3v) is 6.76. The van der Waals surface area contributed by atoms with Crippen LogP contribution in [0.15, 0.2) is 52.8 Å². The maximum absolute atomic E-state index is 5.56. The monoisotopic (exact) mass is 398 g/mol. The highest BCUT2D eigenvalue weighted by Gasteiger charge is 2.28. The number of hydrogen-bond donors (Lipinski definition) is 1. The van der Waals surface area contributed by atoms with Crippen molar-refractivity contribution < 1.29 is 4.74 Å². The first kappa shape index (κ1) is 19.4. The molecule has 6 heteroatoms. The van der Waals surface area contributed by atoms with Crippen molar-refractivity contribution in [3.8, 4) is 0 Å². The Balaban J connectivity index is 1.39. The van der Waals surface area contributed by atoms with Gasteiger partial charge in [0.25, 0.3) is 0 Å². The van der Waals surface area contributed by atoms with E-state index in [1.807, 2.05) is 18.4 Å². The third-order valence-electron chi connectivity index (χ3n) is 5.78. The van der Waals surface area contributed by atoms with E-state index >= 15 is 0 Å². The maximum atomic E-state index is 5.56. The molecule has 0 saturated carbocycles. The molecule has 0 spiro atoms. The van der Waals surface area contributed by atoms with Crippen molar-refractivity contribution in [1.82, 2.24) is 15.1 Å². The van der Waals surface area contributed by atoms with Crippen LogP contribution in [0.3, 0.4) is 0 Å². The lowest BCUT2D eigenvalue weighted by Crippen LogP contribution is -2.46. The summed E-state index contributed by atoms with van der Waals surface area (Å²) >= 11 is 1.84. The maximum Gasteiger partial charge on any atom is 0.193 e. The summed E-state index contributed by atoms with van der Waals surface area (Å²) in [5.74, 6) is 1.61. The molecular formula is C22H30N4OS. The van der Waals surface area contributed by atoms with Crippen molar-refractivity contribution in [2.75, 3.05) is 53.0 Å². The summed E-state index contributed by atoms with van der Waals surface area (Å²) in [6.45, 7) is 6.58. The van der Waals surface area contributed by atoms with E-state index in [9.17, 15) is 0 Å². The number of thiophene rings is 1. The molecule has 2 saturated heterocycles. The van der Waals surface area contributed by atoms with Crippen LogP contribution in [0.5, 0.6) is 0 Å². The van der Waals surface area contributed by atoms with E-state index in [-0.39, 0.29) is 0 Å². The molecule has 1 N–H and O–H groups in total. The van der Waals surface area contributed by atoms with Crippen LogP contribution < -0.4 is 5.32 Å². The van der Waals surface area contributed by atoms with Gasteiger partial charge in [0, 0.05) is 50.6 Å². The van der Waals surface area contributed by atoms with Gasteiger partial charge in [0.15, 0.2) is 5.96 Å². The molecule has 2 fully saturated rings. The summed E-state index contributed by atoms with van der Waals surface area (Å²) in [5.41, 5.74) is 1.44. The molecule has 4 rings (SSSR count). The number of guanidine groups is 1. The highest BCUT2D eigenvalue weighted by molar-refractivity contribution is 7.10. The van der Waals surface area contributed by atoms with Crippen LogP contribution in [0, 0.1) is 0 Å². The zero-order valence-electron chi connectivity index (χ0n) is 16.6. The molecule has 0 radical (unpaired) electrons. The summed E-state index contributed by atoms with van der Waals surface area (Å²) in [4.78, 5) is 10.9. The highest BCUT2D eigenvalue weighted by atomic mass is 32.1. The Labute approximate surface area is 172 Å². The van der Waals surface area contributed by atoms with Crippen LogP contribution in [-0.2, 0) is 4.74 Å². The van der Waals surface area contributed by atoms with E-state index in [0.29, 0.717) is 12.0 Å². The molecule has 28 heavy (non-hydrogen) atoms. The average molecular weight is 399 g/mol. The first-order valence-corrected chi connectivity index (χ1v) is 11.1. The lowest BCUT2D eigenvalue weighted by Gasteiger charge is -2.35. The Morgan fingerprint density at radius 2 is 2.00 bits per heavy atom. The average Bonchev–Trinajstić information content (AvgIpc) is 3.45. The largest absolute Gasteiger partial charge is 0.379 e. The van der Waals surface area contributed by atoms with Gasteiger partial charge in [-0.1, -0.05) is 36.4 Å². The minimum atomic E-state index is 0.369. The fraction of sp³-hybridized carbons (Fsp3) is 0.500. The van der Waals surface area contributed by atoms with E-state index in [1.165, 1.54) is 16.9 Å². The molecule has 2 aliphatic rings. The SMILES string of the molecule is CN=C(NCC(c1cccs1)N1CCOCC1)N1CCC(c2ccccc2)C1.